The van der Waals surface area contributed by atoms with E-state index in [-0.39, 0.29) is 5.25 Å². The lowest BCUT2D eigenvalue weighted by atomic mass is 10.1. The molecule has 142 valence electrons. The van der Waals surface area contributed by atoms with Crippen molar-refractivity contribution in [2.75, 3.05) is 39.3 Å². The zero-order valence-corrected chi connectivity index (χ0v) is 16.6. The average molecular weight is 395 g/mol. The van der Waals surface area contributed by atoms with Gasteiger partial charge in [0.25, 0.3) is 0 Å². The minimum atomic E-state index is -3.43. The minimum absolute atomic E-state index is 0.121. The minimum Gasteiger partial charge on any atom is -0.481 e. The Hall–Kier alpha value is -1.20. The van der Waals surface area contributed by atoms with Gasteiger partial charge < -0.3 is 4.74 Å². The molecule has 5 nitrogen and oxygen atoms in total. The Morgan fingerprint density at radius 1 is 1.08 bits per heavy atom. The lowest BCUT2D eigenvalue weighted by molar-refractivity contribution is 0.255. The standard InChI is InChI=1S/C19H26N2O3S2/c22-26(23,21-14-10-18(25)16-21)19-8-6-17(7-9-19)24-15-5-4-13-20-11-2-1-3-12-20/h6-9,18,25H,1-3,10-16H2/t18-/m1/s1. The van der Waals surface area contributed by atoms with Gasteiger partial charge in [0.05, 0.1) is 11.4 Å². The van der Waals surface area contributed by atoms with E-state index in [0.29, 0.717) is 30.3 Å². The van der Waals surface area contributed by atoms with Gasteiger partial charge in [0.1, 0.15) is 12.4 Å². The Balaban J connectivity index is 1.48. The molecule has 3 rings (SSSR count). The van der Waals surface area contributed by atoms with Crippen molar-refractivity contribution >= 4 is 22.7 Å². The highest BCUT2D eigenvalue weighted by atomic mass is 32.2. The normalized spacial score (nSPS) is 22.0. The van der Waals surface area contributed by atoms with Crippen molar-refractivity contribution in [3.05, 3.63) is 24.3 Å². The molecule has 0 bridgehead atoms. The Morgan fingerprint density at radius 2 is 1.81 bits per heavy atom. The van der Waals surface area contributed by atoms with Gasteiger partial charge in [-0.15, -0.1) is 0 Å². The second-order valence-electron chi connectivity index (χ2n) is 6.76. The highest BCUT2D eigenvalue weighted by Gasteiger charge is 2.30. The van der Waals surface area contributed by atoms with Crippen molar-refractivity contribution in [3.8, 4) is 17.6 Å². The number of thiol groups is 1. The third kappa shape index (κ3) is 5.17. The quantitative estimate of drug-likeness (QED) is 0.615. The van der Waals surface area contributed by atoms with Gasteiger partial charge in [0.15, 0.2) is 0 Å². The lowest BCUT2D eigenvalue weighted by Crippen LogP contribution is -2.29. The molecule has 0 aliphatic carbocycles. The maximum Gasteiger partial charge on any atom is 0.243 e. The summed E-state index contributed by atoms with van der Waals surface area (Å²) in [5.41, 5.74) is 0. The van der Waals surface area contributed by atoms with Crippen LogP contribution in [0.25, 0.3) is 0 Å². The third-order valence-electron chi connectivity index (χ3n) is 4.77. The summed E-state index contributed by atoms with van der Waals surface area (Å²) in [6.45, 7) is 4.38. The van der Waals surface area contributed by atoms with Crippen LogP contribution in [-0.2, 0) is 10.0 Å². The fourth-order valence-electron chi connectivity index (χ4n) is 3.24. The molecular formula is C19H26N2O3S2. The summed E-state index contributed by atoms with van der Waals surface area (Å²) in [5, 5.41) is 0.121. The first-order valence-electron chi connectivity index (χ1n) is 9.15. The first-order chi connectivity index (χ1) is 12.6. The lowest BCUT2D eigenvalue weighted by Gasteiger charge is -2.23. The van der Waals surface area contributed by atoms with Crippen LogP contribution in [0.1, 0.15) is 25.7 Å². The summed E-state index contributed by atoms with van der Waals surface area (Å²) in [4.78, 5) is 2.66. The summed E-state index contributed by atoms with van der Waals surface area (Å²) >= 11 is 4.36. The van der Waals surface area contributed by atoms with Crippen LogP contribution in [-0.4, -0.2) is 62.2 Å². The van der Waals surface area contributed by atoms with E-state index in [1.807, 2.05) is 0 Å². The van der Waals surface area contributed by atoms with E-state index < -0.39 is 10.0 Å². The maximum atomic E-state index is 12.6. The van der Waals surface area contributed by atoms with Gasteiger partial charge in [0.2, 0.25) is 10.0 Å². The van der Waals surface area contributed by atoms with Crippen molar-refractivity contribution in [2.45, 2.75) is 35.8 Å². The summed E-state index contributed by atoms with van der Waals surface area (Å²) < 4.78 is 32.2. The fraction of sp³-hybridized carbons (Fsp3) is 0.579. The Bertz CT molecular complexity index is 747. The molecule has 2 aliphatic heterocycles. The molecule has 0 spiro atoms. The van der Waals surface area contributed by atoms with Crippen LogP contribution in [0, 0.1) is 11.8 Å². The van der Waals surface area contributed by atoms with E-state index in [0.717, 1.165) is 26.1 Å². The number of sulfonamides is 1. The monoisotopic (exact) mass is 394 g/mol. The van der Waals surface area contributed by atoms with Gasteiger partial charge in [-0.05, 0) is 56.6 Å². The van der Waals surface area contributed by atoms with Crippen molar-refractivity contribution in [1.82, 2.24) is 9.21 Å². The van der Waals surface area contributed by atoms with Crippen LogP contribution in [0.3, 0.4) is 0 Å². The molecule has 0 N–H and O–H groups in total. The van der Waals surface area contributed by atoms with Crippen molar-refractivity contribution in [3.63, 3.8) is 0 Å². The molecule has 0 aromatic heterocycles. The van der Waals surface area contributed by atoms with E-state index in [1.54, 1.807) is 24.3 Å². The predicted molar refractivity (Wildman–Crippen MR) is 106 cm³/mol. The molecule has 0 amide bonds. The SMILES string of the molecule is O=S(=O)(c1ccc(OCC#CCN2CCCCC2)cc1)N1CC[C@@H](S)C1. The van der Waals surface area contributed by atoms with E-state index in [2.05, 4.69) is 29.4 Å². The van der Waals surface area contributed by atoms with E-state index >= 15 is 0 Å². The average Bonchev–Trinajstić information content (AvgIpc) is 3.10. The van der Waals surface area contributed by atoms with Gasteiger partial charge in [-0.1, -0.05) is 18.3 Å². The summed E-state index contributed by atoms with van der Waals surface area (Å²) in [5.74, 6) is 6.80. The Labute approximate surface area is 162 Å². The molecule has 1 aromatic rings. The number of rotatable bonds is 5. The molecule has 7 heteroatoms. The molecule has 2 heterocycles. The van der Waals surface area contributed by atoms with Gasteiger partial charge in [-0.3, -0.25) is 4.90 Å². The zero-order chi connectivity index (χ0) is 18.4. The maximum absolute atomic E-state index is 12.6. The van der Waals surface area contributed by atoms with E-state index in [9.17, 15) is 8.42 Å². The molecule has 2 saturated heterocycles. The first-order valence-corrected chi connectivity index (χ1v) is 11.1. The van der Waals surface area contributed by atoms with Crippen LogP contribution in [0.5, 0.6) is 5.75 Å². The number of nitrogens with zero attached hydrogens (tertiary/aromatic N) is 2. The smallest absolute Gasteiger partial charge is 0.243 e. The third-order valence-corrected chi connectivity index (χ3v) is 7.08. The van der Waals surface area contributed by atoms with Gasteiger partial charge in [-0.2, -0.15) is 16.9 Å². The van der Waals surface area contributed by atoms with Gasteiger partial charge in [0, 0.05) is 18.3 Å². The van der Waals surface area contributed by atoms with Crippen LogP contribution in [0.15, 0.2) is 29.2 Å². The largest absolute Gasteiger partial charge is 0.481 e. The molecule has 2 fully saturated rings. The van der Waals surface area contributed by atoms with Crippen molar-refractivity contribution < 1.29 is 13.2 Å². The molecule has 26 heavy (non-hydrogen) atoms. The topological polar surface area (TPSA) is 49.9 Å². The number of piperidine rings is 1. The number of hydrogen-bond acceptors (Lipinski definition) is 5. The number of hydrogen-bond donors (Lipinski definition) is 1. The highest BCUT2D eigenvalue weighted by molar-refractivity contribution is 7.89. The second kappa shape index (κ2) is 9.14. The van der Waals surface area contributed by atoms with Crippen molar-refractivity contribution in [1.29, 1.82) is 0 Å². The molecule has 1 aromatic carbocycles. The van der Waals surface area contributed by atoms with Crippen LogP contribution in [0.2, 0.25) is 0 Å². The Kier molecular flexibility index (Phi) is 6.87. The fourth-order valence-corrected chi connectivity index (χ4v) is 5.16. The number of benzene rings is 1. The molecule has 2 aliphatic rings. The summed E-state index contributed by atoms with van der Waals surface area (Å²) in [7, 11) is -3.43. The van der Waals surface area contributed by atoms with Crippen LogP contribution in [0.4, 0.5) is 0 Å². The zero-order valence-electron chi connectivity index (χ0n) is 14.9. The summed E-state index contributed by atoms with van der Waals surface area (Å²) in [6, 6.07) is 6.57. The highest BCUT2D eigenvalue weighted by Crippen LogP contribution is 2.24. The van der Waals surface area contributed by atoms with E-state index in [4.69, 9.17) is 4.74 Å². The number of likely N-dealkylation sites (tertiary alicyclic amines) is 1. The van der Waals surface area contributed by atoms with Crippen LogP contribution >= 0.6 is 12.6 Å². The number of ether oxygens (including phenoxy) is 1. The summed E-state index contributed by atoms with van der Waals surface area (Å²) in [6.07, 6.45) is 4.64. The van der Waals surface area contributed by atoms with Crippen LogP contribution < -0.4 is 4.74 Å². The molecule has 0 saturated carbocycles. The molecule has 0 unspecified atom stereocenters. The van der Waals surface area contributed by atoms with E-state index in [1.165, 1.54) is 23.6 Å². The van der Waals surface area contributed by atoms with Crippen molar-refractivity contribution in [2.24, 2.45) is 0 Å². The predicted octanol–water partition coefficient (Wildman–Crippen LogP) is 2.25. The van der Waals surface area contributed by atoms with Gasteiger partial charge in [-0.25, -0.2) is 8.42 Å². The van der Waals surface area contributed by atoms with Gasteiger partial charge >= 0.3 is 0 Å². The second-order valence-corrected chi connectivity index (χ2v) is 9.42. The molecule has 1 atom stereocenters. The Morgan fingerprint density at radius 3 is 2.46 bits per heavy atom. The first kappa shape index (κ1) is 19.6. The molecule has 0 radical (unpaired) electrons. The molecular weight excluding hydrogens is 368 g/mol.